The van der Waals surface area contributed by atoms with Gasteiger partial charge in [0.15, 0.2) is 0 Å². The van der Waals surface area contributed by atoms with E-state index in [1.807, 2.05) is 6.08 Å². The number of hydrogen-bond acceptors (Lipinski definition) is 1. The van der Waals surface area contributed by atoms with Crippen LogP contribution in [0.25, 0.3) is 127 Å². The van der Waals surface area contributed by atoms with Gasteiger partial charge >= 0.3 is 0 Å². The largest absolute Gasteiger partial charge is 0.309 e. The van der Waals surface area contributed by atoms with Gasteiger partial charge in [0.2, 0.25) is 0 Å². The molecule has 3 nitrogen and oxygen atoms in total. The highest BCUT2D eigenvalue weighted by molar-refractivity contribution is 6.25. The number of hydrogen-bond donors (Lipinski definition) is 0. The summed E-state index contributed by atoms with van der Waals surface area (Å²) in [6.45, 7) is 4.14. The second-order valence-electron chi connectivity index (χ2n) is 16.8. The Morgan fingerprint density at radius 2 is 0.812 bits per heavy atom. The number of rotatable bonds is 6. The highest BCUT2D eigenvalue weighted by Crippen LogP contribution is 2.41. The van der Waals surface area contributed by atoms with Crippen LogP contribution in [0.1, 0.15) is 5.56 Å². The first-order valence-electron chi connectivity index (χ1n) is 21.9. The van der Waals surface area contributed by atoms with Crippen molar-refractivity contribution in [1.29, 1.82) is 0 Å². The van der Waals surface area contributed by atoms with E-state index in [1.54, 1.807) is 0 Å². The summed E-state index contributed by atoms with van der Waals surface area (Å²) in [4.78, 5) is 5.36. The summed E-state index contributed by atoms with van der Waals surface area (Å²) in [5.41, 5.74) is 13.5. The normalized spacial score (nSPS) is 11.8. The van der Waals surface area contributed by atoms with Gasteiger partial charge in [-0.1, -0.05) is 164 Å². The van der Waals surface area contributed by atoms with Gasteiger partial charge in [0.05, 0.1) is 27.8 Å². The smallest absolute Gasteiger partial charge is 0.138 e. The molecule has 10 aromatic carbocycles. The van der Waals surface area contributed by atoms with E-state index < -0.39 is 0 Å². The fourth-order valence-electron chi connectivity index (χ4n) is 10.2. The van der Waals surface area contributed by atoms with Crippen molar-refractivity contribution >= 4 is 82.0 Å². The molecule has 0 saturated heterocycles. The third kappa shape index (κ3) is 5.58. The SMILES string of the molecule is C=Cc1ccc2c(c1)c1cc(-c3ccc4c(c3)c3ccccc3n4-c3cc(-c4ccccc4)cc(-c4ccccc4)n3)ccc1n2-c1ccc2c3ccccc3c3ccccc3c2c1. The molecular formula is C61H39N3. The zero-order chi connectivity index (χ0) is 42.3. The fraction of sp³-hybridized carbons (Fsp3) is 0. The van der Waals surface area contributed by atoms with E-state index in [2.05, 4.69) is 234 Å². The topological polar surface area (TPSA) is 22.8 Å². The Morgan fingerprint density at radius 1 is 0.312 bits per heavy atom. The summed E-state index contributed by atoms with van der Waals surface area (Å²) >= 11 is 0. The first-order valence-corrected chi connectivity index (χ1v) is 21.9. The van der Waals surface area contributed by atoms with Gasteiger partial charge in [-0.2, -0.15) is 0 Å². The number of para-hydroxylation sites is 1. The molecule has 3 aromatic heterocycles. The molecule has 13 rings (SSSR count). The van der Waals surface area contributed by atoms with Crippen molar-refractivity contribution in [1.82, 2.24) is 14.1 Å². The van der Waals surface area contributed by atoms with E-state index in [0.717, 1.165) is 56.0 Å². The summed E-state index contributed by atoms with van der Waals surface area (Å²) in [5.74, 6) is 0.890. The zero-order valence-electron chi connectivity index (χ0n) is 34.9. The van der Waals surface area contributed by atoms with Gasteiger partial charge in [-0.05, 0) is 127 Å². The molecule has 0 spiro atoms. The summed E-state index contributed by atoms with van der Waals surface area (Å²) in [6, 6.07) is 79.4. The van der Waals surface area contributed by atoms with Gasteiger partial charge < -0.3 is 4.57 Å². The predicted octanol–water partition coefficient (Wildman–Crippen LogP) is 16.4. The quantitative estimate of drug-likeness (QED) is 0.153. The van der Waals surface area contributed by atoms with E-state index in [9.17, 15) is 0 Å². The summed E-state index contributed by atoms with van der Waals surface area (Å²) in [6.07, 6.45) is 1.94. The molecule has 0 radical (unpaired) electrons. The molecule has 3 heteroatoms. The second kappa shape index (κ2) is 14.3. The minimum absolute atomic E-state index is 0.890. The molecule has 3 heterocycles. The van der Waals surface area contributed by atoms with Gasteiger partial charge in [-0.25, -0.2) is 4.98 Å². The molecule has 0 unspecified atom stereocenters. The van der Waals surface area contributed by atoms with E-state index >= 15 is 0 Å². The van der Waals surface area contributed by atoms with E-state index in [0.29, 0.717) is 0 Å². The van der Waals surface area contributed by atoms with Crippen LogP contribution >= 0.6 is 0 Å². The molecule has 0 amide bonds. The first kappa shape index (κ1) is 36.2. The first-order chi connectivity index (χ1) is 31.7. The van der Waals surface area contributed by atoms with Crippen molar-refractivity contribution < 1.29 is 0 Å². The standard InChI is InChI=1S/C61H39N3/c1-2-39-25-30-58-53(33-39)55-35-43(26-31-59(55)63(58)45-28-29-50-48-21-10-9-19-46(48)47-20-11-12-22-49(47)52(50)38-45)42-27-32-60-54(34-42)51-23-13-14-24-57(51)64(60)61-37-44(40-15-5-3-6-16-40)36-56(62-61)41-17-7-4-8-18-41/h2-38H,1H2. The van der Waals surface area contributed by atoms with Crippen molar-refractivity contribution in [3.63, 3.8) is 0 Å². The van der Waals surface area contributed by atoms with Gasteiger partial charge in [-0.15, -0.1) is 0 Å². The minimum Gasteiger partial charge on any atom is -0.309 e. The van der Waals surface area contributed by atoms with Crippen LogP contribution in [0.2, 0.25) is 0 Å². The van der Waals surface area contributed by atoms with Gasteiger partial charge in [0, 0.05) is 32.8 Å². The van der Waals surface area contributed by atoms with Crippen LogP contribution in [0.15, 0.2) is 225 Å². The van der Waals surface area contributed by atoms with Crippen LogP contribution in [-0.2, 0) is 0 Å². The summed E-state index contributed by atoms with van der Waals surface area (Å²) in [7, 11) is 0. The lowest BCUT2D eigenvalue weighted by molar-refractivity contribution is 1.08. The van der Waals surface area contributed by atoms with Gasteiger partial charge in [0.25, 0.3) is 0 Å². The molecule has 0 aliphatic rings. The maximum atomic E-state index is 5.36. The Morgan fingerprint density at radius 3 is 1.47 bits per heavy atom. The molecule has 13 aromatic rings. The van der Waals surface area contributed by atoms with Crippen LogP contribution in [0.4, 0.5) is 0 Å². The molecule has 0 bridgehead atoms. The van der Waals surface area contributed by atoms with Crippen LogP contribution in [0, 0.1) is 0 Å². The summed E-state index contributed by atoms with van der Waals surface area (Å²) in [5, 5.41) is 12.4. The highest BCUT2D eigenvalue weighted by atomic mass is 15.1. The molecule has 0 aliphatic carbocycles. The van der Waals surface area contributed by atoms with Crippen molar-refractivity contribution in [3.05, 3.63) is 231 Å². The fourth-order valence-corrected chi connectivity index (χ4v) is 10.2. The number of pyridine rings is 1. The number of nitrogens with zero attached hydrogens (tertiary/aromatic N) is 3. The Hall–Kier alpha value is -8.53. The van der Waals surface area contributed by atoms with Crippen LogP contribution < -0.4 is 0 Å². The molecule has 0 atom stereocenters. The molecule has 0 N–H and O–H groups in total. The van der Waals surface area contributed by atoms with Gasteiger partial charge in [-0.3, -0.25) is 4.57 Å². The van der Waals surface area contributed by atoms with Crippen LogP contribution in [-0.4, -0.2) is 14.1 Å². The number of fused-ring (bicyclic) bond motifs is 12. The van der Waals surface area contributed by atoms with Crippen molar-refractivity contribution in [2.45, 2.75) is 0 Å². The highest BCUT2D eigenvalue weighted by Gasteiger charge is 2.19. The Kier molecular flexibility index (Phi) is 8.06. The Labute approximate surface area is 370 Å². The third-order valence-corrected chi connectivity index (χ3v) is 13.2. The number of aromatic nitrogens is 3. The van der Waals surface area contributed by atoms with Gasteiger partial charge in [0.1, 0.15) is 5.82 Å². The van der Waals surface area contributed by atoms with E-state index in [-0.39, 0.29) is 0 Å². The van der Waals surface area contributed by atoms with Crippen molar-refractivity contribution in [2.24, 2.45) is 0 Å². The molecular weight excluding hydrogens is 775 g/mol. The summed E-state index contributed by atoms with van der Waals surface area (Å²) < 4.78 is 4.76. The van der Waals surface area contributed by atoms with Crippen LogP contribution in [0.5, 0.6) is 0 Å². The average molecular weight is 814 g/mol. The maximum absolute atomic E-state index is 5.36. The monoisotopic (exact) mass is 813 g/mol. The second-order valence-corrected chi connectivity index (χ2v) is 16.8. The maximum Gasteiger partial charge on any atom is 0.138 e. The zero-order valence-corrected chi connectivity index (χ0v) is 34.9. The molecule has 298 valence electrons. The lowest BCUT2D eigenvalue weighted by Crippen LogP contribution is -2.00. The van der Waals surface area contributed by atoms with Crippen molar-refractivity contribution in [3.8, 4) is 45.0 Å². The molecule has 0 aliphatic heterocycles. The van der Waals surface area contributed by atoms with Crippen LogP contribution in [0.3, 0.4) is 0 Å². The average Bonchev–Trinajstić information content (AvgIpc) is 3.88. The molecule has 0 saturated carbocycles. The minimum atomic E-state index is 0.890. The number of benzene rings is 10. The lowest BCUT2D eigenvalue weighted by atomic mass is 9.94. The Balaban J connectivity index is 0.994. The van der Waals surface area contributed by atoms with E-state index in [1.165, 1.54) is 70.5 Å². The lowest BCUT2D eigenvalue weighted by Gasteiger charge is -2.14. The Bertz CT molecular complexity index is 3930. The predicted molar refractivity (Wildman–Crippen MR) is 272 cm³/mol. The van der Waals surface area contributed by atoms with E-state index in [4.69, 9.17) is 4.98 Å². The molecule has 0 fully saturated rings. The molecule has 64 heavy (non-hydrogen) atoms. The van der Waals surface area contributed by atoms with Crippen molar-refractivity contribution in [2.75, 3.05) is 0 Å². The third-order valence-electron chi connectivity index (χ3n) is 13.2.